The molecule has 90 valence electrons. The van der Waals surface area contributed by atoms with E-state index in [2.05, 4.69) is 5.32 Å². The van der Waals surface area contributed by atoms with Crippen LogP contribution in [0.5, 0.6) is 11.5 Å². The molecule has 0 bridgehead atoms. The Morgan fingerprint density at radius 1 is 1.41 bits per heavy atom. The predicted octanol–water partition coefficient (Wildman–Crippen LogP) is 0.726. The Kier molecular flexibility index (Phi) is 2.82. The van der Waals surface area contributed by atoms with Gasteiger partial charge >= 0.3 is 5.69 Å². The molecule has 0 fully saturated rings. The number of benzene rings is 1. The normalized spacial score (nSPS) is 13.0. The number of nitrogens with one attached hydrogen (secondary N) is 1. The molecule has 2 rings (SSSR count). The molecule has 0 atom stereocenters. The fourth-order valence-corrected chi connectivity index (χ4v) is 1.60. The van der Waals surface area contributed by atoms with Gasteiger partial charge in [-0.2, -0.15) is 0 Å². The van der Waals surface area contributed by atoms with Crippen molar-refractivity contribution < 1.29 is 19.2 Å². The second-order valence-electron chi connectivity index (χ2n) is 3.32. The van der Waals surface area contributed by atoms with E-state index in [-0.39, 0.29) is 29.4 Å². The molecule has 0 unspecified atom stereocenters. The summed E-state index contributed by atoms with van der Waals surface area (Å²) in [5.41, 5.74) is -0.400. The number of amides is 1. The molecule has 1 aliphatic rings. The highest BCUT2D eigenvalue weighted by Gasteiger charge is 2.30. The first-order valence-electron chi connectivity index (χ1n) is 4.94. The first-order valence-corrected chi connectivity index (χ1v) is 4.94. The minimum Gasteiger partial charge on any atom is -0.486 e. The molecule has 0 spiro atoms. The van der Waals surface area contributed by atoms with Crippen LogP contribution in [0.25, 0.3) is 0 Å². The molecule has 0 aliphatic carbocycles. The number of hydrogen-bond donors (Lipinski definition) is 1. The topological polar surface area (TPSA) is 90.7 Å². The average molecular weight is 238 g/mol. The van der Waals surface area contributed by atoms with Crippen LogP contribution >= 0.6 is 0 Å². The summed E-state index contributed by atoms with van der Waals surface area (Å²) in [7, 11) is 1.41. The number of rotatable bonds is 2. The van der Waals surface area contributed by atoms with Crippen molar-refractivity contribution in [1.82, 2.24) is 5.32 Å². The number of fused-ring (bicyclic) bond motifs is 1. The number of nitro benzene ring substituents is 1. The first kappa shape index (κ1) is 11.2. The predicted molar refractivity (Wildman–Crippen MR) is 57.5 cm³/mol. The number of ether oxygens (including phenoxy) is 2. The molecule has 0 aromatic heterocycles. The van der Waals surface area contributed by atoms with E-state index in [9.17, 15) is 14.9 Å². The van der Waals surface area contributed by atoms with Crippen LogP contribution in [0.2, 0.25) is 0 Å². The van der Waals surface area contributed by atoms with Crippen LogP contribution in [0.4, 0.5) is 5.69 Å². The molecule has 1 heterocycles. The highest BCUT2D eigenvalue weighted by atomic mass is 16.6. The van der Waals surface area contributed by atoms with Gasteiger partial charge in [0.05, 0.1) is 4.92 Å². The summed E-state index contributed by atoms with van der Waals surface area (Å²) < 4.78 is 10.4. The Morgan fingerprint density at radius 2 is 2.12 bits per heavy atom. The molecule has 1 amide bonds. The molecule has 17 heavy (non-hydrogen) atoms. The highest BCUT2D eigenvalue weighted by Crippen LogP contribution is 2.41. The van der Waals surface area contributed by atoms with Gasteiger partial charge in [0.25, 0.3) is 5.91 Å². The second kappa shape index (κ2) is 4.28. The van der Waals surface area contributed by atoms with Crippen LogP contribution in [0.3, 0.4) is 0 Å². The summed E-state index contributed by atoms with van der Waals surface area (Å²) in [5, 5.41) is 13.3. The van der Waals surface area contributed by atoms with Gasteiger partial charge in [0.2, 0.25) is 5.75 Å². The van der Waals surface area contributed by atoms with Crippen molar-refractivity contribution in [2.45, 2.75) is 0 Å². The van der Waals surface area contributed by atoms with E-state index in [1.165, 1.54) is 19.2 Å². The van der Waals surface area contributed by atoms with Gasteiger partial charge in [0.1, 0.15) is 18.8 Å². The summed E-state index contributed by atoms with van der Waals surface area (Å²) in [6, 6.07) is 2.84. The molecule has 1 aromatic carbocycles. The van der Waals surface area contributed by atoms with Crippen LogP contribution in [0, 0.1) is 10.1 Å². The second-order valence-corrected chi connectivity index (χ2v) is 3.32. The Labute approximate surface area is 96.5 Å². The van der Waals surface area contributed by atoms with Gasteiger partial charge in [-0.3, -0.25) is 14.9 Å². The van der Waals surface area contributed by atoms with Gasteiger partial charge in [-0.25, -0.2) is 0 Å². The van der Waals surface area contributed by atoms with Crippen molar-refractivity contribution in [1.29, 1.82) is 0 Å². The molecule has 7 nitrogen and oxygen atoms in total. The van der Waals surface area contributed by atoms with Gasteiger partial charge in [-0.05, 0) is 12.1 Å². The summed E-state index contributed by atoms with van der Waals surface area (Å²) >= 11 is 0. The third kappa shape index (κ3) is 1.86. The van der Waals surface area contributed by atoms with Gasteiger partial charge < -0.3 is 14.8 Å². The average Bonchev–Trinajstić information content (AvgIpc) is 2.36. The van der Waals surface area contributed by atoms with Crippen molar-refractivity contribution in [2.75, 3.05) is 20.3 Å². The van der Waals surface area contributed by atoms with E-state index in [0.29, 0.717) is 6.61 Å². The summed E-state index contributed by atoms with van der Waals surface area (Å²) in [5.74, 6) is -0.230. The van der Waals surface area contributed by atoms with Crippen LogP contribution in [-0.4, -0.2) is 31.1 Å². The Hall–Kier alpha value is -2.31. The van der Waals surface area contributed by atoms with E-state index in [1.807, 2.05) is 0 Å². The van der Waals surface area contributed by atoms with Crippen LogP contribution in [-0.2, 0) is 0 Å². The van der Waals surface area contributed by atoms with Gasteiger partial charge in [-0.15, -0.1) is 0 Å². The Balaban J connectivity index is 2.61. The van der Waals surface area contributed by atoms with Crippen molar-refractivity contribution in [3.05, 3.63) is 27.8 Å². The van der Waals surface area contributed by atoms with Gasteiger partial charge in [0, 0.05) is 7.05 Å². The molecule has 0 saturated carbocycles. The Morgan fingerprint density at radius 3 is 2.76 bits per heavy atom. The van der Waals surface area contributed by atoms with Crippen LogP contribution < -0.4 is 14.8 Å². The number of carbonyl (C=O) groups is 1. The first-order chi connectivity index (χ1) is 8.15. The molecule has 1 N–H and O–H groups in total. The third-order valence-electron chi connectivity index (χ3n) is 2.34. The highest BCUT2D eigenvalue weighted by molar-refractivity contribution is 5.99. The van der Waals surface area contributed by atoms with E-state index in [4.69, 9.17) is 9.47 Å². The number of nitrogens with zero attached hydrogens (tertiary/aromatic N) is 1. The van der Waals surface area contributed by atoms with Crippen LogP contribution in [0.1, 0.15) is 10.4 Å². The maximum atomic E-state index is 11.5. The molecule has 0 radical (unpaired) electrons. The Bertz CT molecular complexity index is 486. The van der Waals surface area contributed by atoms with E-state index in [1.54, 1.807) is 0 Å². The SMILES string of the molecule is CNC(=O)c1ccc2c(c1[N+](=O)[O-])OCCO2. The zero-order valence-electron chi connectivity index (χ0n) is 9.06. The van der Waals surface area contributed by atoms with E-state index >= 15 is 0 Å². The zero-order chi connectivity index (χ0) is 12.4. The number of hydrogen-bond acceptors (Lipinski definition) is 5. The lowest BCUT2D eigenvalue weighted by Crippen LogP contribution is -2.22. The summed E-state index contributed by atoms with van der Waals surface area (Å²) in [6.45, 7) is 0.564. The molecule has 0 saturated heterocycles. The monoisotopic (exact) mass is 238 g/mol. The number of nitro groups is 1. The third-order valence-corrected chi connectivity index (χ3v) is 2.34. The number of carbonyl (C=O) groups excluding carboxylic acids is 1. The molecular formula is C10H10N2O5. The minimum atomic E-state index is -0.641. The molecule has 7 heteroatoms. The maximum absolute atomic E-state index is 11.5. The molecule has 1 aromatic rings. The van der Waals surface area contributed by atoms with Crippen molar-refractivity contribution >= 4 is 11.6 Å². The van der Waals surface area contributed by atoms with Gasteiger partial charge in [-0.1, -0.05) is 0 Å². The standard InChI is InChI=1S/C10H10N2O5/c1-11-10(13)6-2-3-7-9(8(6)12(14)15)17-5-4-16-7/h2-3H,4-5H2,1H3,(H,11,13). The minimum absolute atomic E-state index is 0.0161. The lowest BCUT2D eigenvalue weighted by Gasteiger charge is -2.18. The zero-order valence-corrected chi connectivity index (χ0v) is 9.06. The van der Waals surface area contributed by atoms with Crippen molar-refractivity contribution in [3.8, 4) is 11.5 Å². The van der Waals surface area contributed by atoms with E-state index < -0.39 is 10.8 Å². The lowest BCUT2D eigenvalue weighted by molar-refractivity contribution is -0.386. The summed E-state index contributed by atoms with van der Waals surface area (Å²) in [4.78, 5) is 21.9. The largest absolute Gasteiger partial charge is 0.486 e. The quantitative estimate of drug-likeness (QED) is 0.605. The molecule has 1 aliphatic heterocycles. The summed E-state index contributed by atoms with van der Waals surface area (Å²) in [6.07, 6.45) is 0. The van der Waals surface area contributed by atoms with Crippen LogP contribution in [0.15, 0.2) is 12.1 Å². The maximum Gasteiger partial charge on any atom is 0.327 e. The van der Waals surface area contributed by atoms with Crippen molar-refractivity contribution in [2.24, 2.45) is 0 Å². The fourth-order valence-electron chi connectivity index (χ4n) is 1.60. The lowest BCUT2D eigenvalue weighted by atomic mass is 10.1. The molecular weight excluding hydrogens is 228 g/mol. The van der Waals surface area contributed by atoms with Gasteiger partial charge in [0.15, 0.2) is 5.75 Å². The smallest absolute Gasteiger partial charge is 0.327 e. The van der Waals surface area contributed by atoms with Crippen molar-refractivity contribution in [3.63, 3.8) is 0 Å². The van der Waals surface area contributed by atoms with E-state index in [0.717, 1.165) is 0 Å². The fraction of sp³-hybridized carbons (Fsp3) is 0.300.